The van der Waals surface area contributed by atoms with E-state index in [2.05, 4.69) is 48.4 Å². The Balaban J connectivity index is 2.70. The van der Waals surface area contributed by atoms with Gasteiger partial charge in [-0.1, -0.05) is 32.0 Å². The molecule has 2 rings (SSSR count). The standard InChI is InChI=1S/C13H16N2/c1-9(2)11-6-4-5-10-7-8-12(14-3)15-13(10)11/h4-9H,1-3H3,(H,14,15). The van der Waals surface area contributed by atoms with E-state index in [1.807, 2.05) is 13.1 Å². The predicted molar refractivity (Wildman–Crippen MR) is 65.4 cm³/mol. The molecule has 2 aromatic rings. The minimum atomic E-state index is 0.508. The van der Waals surface area contributed by atoms with E-state index in [0.29, 0.717) is 5.92 Å². The lowest BCUT2D eigenvalue weighted by Crippen LogP contribution is -1.96. The molecule has 0 aliphatic rings. The number of nitrogens with one attached hydrogen (secondary N) is 1. The maximum Gasteiger partial charge on any atom is 0.126 e. The Morgan fingerprint density at radius 1 is 1.13 bits per heavy atom. The molecular weight excluding hydrogens is 184 g/mol. The highest BCUT2D eigenvalue weighted by Crippen LogP contribution is 2.24. The van der Waals surface area contributed by atoms with Gasteiger partial charge in [-0.15, -0.1) is 0 Å². The second kappa shape index (κ2) is 3.89. The number of aromatic nitrogens is 1. The molecule has 0 radical (unpaired) electrons. The molecule has 1 heterocycles. The van der Waals surface area contributed by atoms with E-state index in [-0.39, 0.29) is 0 Å². The number of fused-ring (bicyclic) bond motifs is 1. The van der Waals surface area contributed by atoms with Crippen molar-refractivity contribution in [1.82, 2.24) is 4.98 Å². The van der Waals surface area contributed by atoms with Crippen LogP contribution in [-0.4, -0.2) is 12.0 Å². The zero-order valence-corrected chi connectivity index (χ0v) is 9.41. The fourth-order valence-corrected chi connectivity index (χ4v) is 1.78. The van der Waals surface area contributed by atoms with Gasteiger partial charge in [-0.3, -0.25) is 0 Å². The molecule has 2 nitrogen and oxygen atoms in total. The molecule has 78 valence electrons. The molecule has 0 unspecified atom stereocenters. The van der Waals surface area contributed by atoms with Gasteiger partial charge in [0.05, 0.1) is 5.52 Å². The highest BCUT2D eigenvalue weighted by molar-refractivity contribution is 5.83. The van der Waals surface area contributed by atoms with Gasteiger partial charge in [-0.05, 0) is 23.6 Å². The summed E-state index contributed by atoms with van der Waals surface area (Å²) >= 11 is 0. The Labute approximate surface area is 90.3 Å². The van der Waals surface area contributed by atoms with Crippen molar-refractivity contribution < 1.29 is 0 Å². The summed E-state index contributed by atoms with van der Waals surface area (Å²) in [6, 6.07) is 10.5. The molecule has 0 atom stereocenters. The number of hydrogen-bond donors (Lipinski definition) is 1. The zero-order chi connectivity index (χ0) is 10.8. The second-order valence-electron chi connectivity index (χ2n) is 4.02. The topological polar surface area (TPSA) is 24.9 Å². The molecule has 0 aliphatic heterocycles. The maximum atomic E-state index is 4.60. The van der Waals surface area contributed by atoms with E-state index in [0.717, 1.165) is 11.3 Å². The molecule has 15 heavy (non-hydrogen) atoms. The first-order valence-electron chi connectivity index (χ1n) is 5.30. The van der Waals surface area contributed by atoms with Crippen LogP contribution in [0.4, 0.5) is 5.82 Å². The normalized spacial score (nSPS) is 10.9. The fraction of sp³-hybridized carbons (Fsp3) is 0.308. The monoisotopic (exact) mass is 200 g/mol. The predicted octanol–water partition coefficient (Wildman–Crippen LogP) is 3.40. The van der Waals surface area contributed by atoms with Gasteiger partial charge in [-0.2, -0.15) is 0 Å². The van der Waals surface area contributed by atoms with Crippen LogP contribution in [0.25, 0.3) is 10.9 Å². The van der Waals surface area contributed by atoms with Crippen LogP contribution in [0.3, 0.4) is 0 Å². The first kappa shape index (κ1) is 9.97. The van der Waals surface area contributed by atoms with Crippen LogP contribution in [-0.2, 0) is 0 Å². The second-order valence-corrected chi connectivity index (χ2v) is 4.02. The first-order chi connectivity index (χ1) is 7.22. The molecule has 1 N–H and O–H groups in total. The summed E-state index contributed by atoms with van der Waals surface area (Å²) in [6.07, 6.45) is 0. The molecule has 0 spiro atoms. The minimum Gasteiger partial charge on any atom is -0.373 e. The summed E-state index contributed by atoms with van der Waals surface area (Å²) in [5, 5.41) is 4.28. The van der Waals surface area contributed by atoms with Crippen LogP contribution in [0.1, 0.15) is 25.3 Å². The van der Waals surface area contributed by atoms with Crippen LogP contribution in [0.2, 0.25) is 0 Å². The summed E-state index contributed by atoms with van der Waals surface area (Å²) in [4.78, 5) is 4.60. The quantitative estimate of drug-likeness (QED) is 0.803. The van der Waals surface area contributed by atoms with E-state index in [1.54, 1.807) is 0 Å². The molecule has 1 aromatic heterocycles. The molecule has 1 aromatic carbocycles. The van der Waals surface area contributed by atoms with Crippen LogP contribution in [0.15, 0.2) is 30.3 Å². The Kier molecular flexibility index (Phi) is 2.58. The van der Waals surface area contributed by atoms with Gasteiger partial charge in [0.25, 0.3) is 0 Å². The highest BCUT2D eigenvalue weighted by Gasteiger charge is 2.06. The molecule has 2 heteroatoms. The molecule has 0 saturated heterocycles. The van der Waals surface area contributed by atoms with Crippen molar-refractivity contribution in [2.75, 3.05) is 12.4 Å². The summed E-state index contributed by atoms with van der Waals surface area (Å²) in [5.41, 5.74) is 2.42. The van der Waals surface area contributed by atoms with E-state index in [1.165, 1.54) is 10.9 Å². The number of anilines is 1. The van der Waals surface area contributed by atoms with Gasteiger partial charge in [-0.25, -0.2) is 4.98 Å². The SMILES string of the molecule is CNc1ccc2cccc(C(C)C)c2n1. The number of para-hydroxylation sites is 1. The number of rotatable bonds is 2. The van der Waals surface area contributed by atoms with Crippen molar-refractivity contribution in [2.24, 2.45) is 0 Å². The van der Waals surface area contributed by atoms with Crippen LogP contribution >= 0.6 is 0 Å². The summed E-state index contributed by atoms with van der Waals surface area (Å²) < 4.78 is 0. The van der Waals surface area contributed by atoms with Crippen molar-refractivity contribution in [3.63, 3.8) is 0 Å². The lowest BCUT2D eigenvalue weighted by molar-refractivity contribution is 0.873. The number of pyridine rings is 1. The van der Waals surface area contributed by atoms with Gasteiger partial charge in [0.2, 0.25) is 0 Å². The van der Waals surface area contributed by atoms with Gasteiger partial charge in [0, 0.05) is 12.4 Å². The summed E-state index contributed by atoms with van der Waals surface area (Å²) in [5.74, 6) is 1.43. The molecule has 0 bridgehead atoms. The average Bonchev–Trinajstić information content (AvgIpc) is 2.27. The Bertz CT molecular complexity index is 475. The van der Waals surface area contributed by atoms with Crippen LogP contribution in [0, 0.1) is 0 Å². The van der Waals surface area contributed by atoms with E-state index < -0.39 is 0 Å². The molecule has 0 saturated carbocycles. The lowest BCUT2D eigenvalue weighted by atomic mass is 10.00. The van der Waals surface area contributed by atoms with Crippen molar-refractivity contribution in [3.05, 3.63) is 35.9 Å². The number of hydrogen-bond acceptors (Lipinski definition) is 2. The third kappa shape index (κ3) is 1.80. The fourth-order valence-electron chi connectivity index (χ4n) is 1.78. The van der Waals surface area contributed by atoms with Gasteiger partial charge in [0.1, 0.15) is 5.82 Å². The minimum absolute atomic E-state index is 0.508. The smallest absolute Gasteiger partial charge is 0.126 e. The maximum absolute atomic E-state index is 4.60. The van der Waals surface area contributed by atoms with Gasteiger partial charge in [0.15, 0.2) is 0 Å². The largest absolute Gasteiger partial charge is 0.373 e. The molecular formula is C13H16N2. The van der Waals surface area contributed by atoms with E-state index in [9.17, 15) is 0 Å². The van der Waals surface area contributed by atoms with Gasteiger partial charge < -0.3 is 5.32 Å². The van der Waals surface area contributed by atoms with Crippen molar-refractivity contribution >= 4 is 16.7 Å². The van der Waals surface area contributed by atoms with E-state index >= 15 is 0 Å². The average molecular weight is 200 g/mol. The first-order valence-corrected chi connectivity index (χ1v) is 5.30. The third-order valence-corrected chi connectivity index (χ3v) is 2.63. The lowest BCUT2D eigenvalue weighted by Gasteiger charge is -2.10. The van der Waals surface area contributed by atoms with Gasteiger partial charge >= 0.3 is 0 Å². The number of benzene rings is 1. The van der Waals surface area contributed by atoms with Crippen LogP contribution in [0.5, 0.6) is 0 Å². The molecule has 0 fully saturated rings. The summed E-state index contributed by atoms with van der Waals surface area (Å²) in [7, 11) is 1.89. The summed E-state index contributed by atoms with van der Waals surface area (Å²) in [6.45, 7) is 4.39. The van der Waals surface area contributed by atoms with Crippen molar-refractivity contribution in [2.45, 2.75) is 19.8 Å². The van der Waals surface area contributed by atoms with Crippen molar-refractivity contribution in [1.29, 1.82) is 0 Å². The Hall–Kier alpha value is -1.57. The Morgan fingerprint density at radius 2 is 1.93 bits per heavy atom. The zero-order valence-electron chi connectivity index (χ0n) is 9.41. The third-order valence-electron chi connectivity index (χ3n) is 2.63. The van der Waals surface area contributed by atoms with Crippen LogP contribution < -0.4 is 5.32 Å². The number of nitrogens with zero attached hydrogens (tertiary/aromatic N) is 1. The Morgan fingerprint density at radius 3 is 2.60 bits per heavy atom. The highest BCUT2D eigenvalue weighted by atomic mass is 15.0. The van der Waals surface area contributed by atoms with E-state index in [4.69, 9.17) is 0 Å². The molecule has 0 amide bonds. The van der Waals surface area contributed by atoms with Crippen molar-refractivity contribution in [3.8, 4) is 0 Å². The molecule has 0 aliphatic carbocycles.